The molecule has 0 aliphatic carbocycles. The Morgan fingerprint density at radius 1 is 1.71 bits per heavy atom. The van der Waals surface area contributed by atoms with E-state index in [1.807, 2.05) is 6.26 Å². The van der Waals surface area contributed by atoms with Gasteiger partial charge in [-0.05, 0) is 18.4 Å². The molecule has 0 rings (SSSR count). The van der Waals surface area contributed by atoms with Gasteiger partial charge in [0.2, 0.25) is 5.91 Å². The topological polar surface area (TPSA) is 46.3 Å². The van der Waals surface area contributed by atoms with Crippen molar-refractivity contribution in [2.75, 3.05) is 25.6 Å². The van der Waals surface area contributed by atoms with Crippen LogP contribution < -0.4 is 5.73 Å². The van der Waals surface area contributed by atoms with Crippen LogP contribution in [-0.2, 0) is 4.79 Å². The second-order valence-electron chi connectivity index (χ2n) is 2.90. The molecule has 0 aliphatic rings. The molecular formula is C9H19ClN2OS. The molecule has 2 N–H and O–H groups in total. The highest BCUT2D eigenvalue weighted by atomic mass is 35.5. The first-order valence-electron chi connectivity index (χ1n) is 4.23. The van der Waals surface area contributed by atoms with Gasteiger partial charge in [0.15, 0.2) is 0 Å². The average Bonchev–Trinajstić information content (AvgIpc) is 2.13. The predicted molar refractivity (Wildman–Crippen MR) is 66.1 cm³/mol. The third kappa shape index (κ3) is 6.29. The first kappa shape index (κ1) is 16.2. The zero-order chi connectivity index (χ0) is 10.3. The van der Waals surface area contributed by atoms with Gasteiger partial charge in [-0.1, -0.05) is 6.08 Å². The van der Waals surface area contributed by atoms with E-state index in [0.29, 0.717) is 6.54 Å². The van der Waals surface area contributed by atoms with Gasteiger partial charge in [-0.2, -0.15) is 11.8 Å². The minimum absolute atomic E-state index is 0. The van der Waals surface area contributed by atoms with Crippen molar-refractivity contribution >= 4 is 30.1 Å². The second-order valence-corrected chi connectivity index (χ2v) is 3.88. The van der Waals surface area contributed by atoms with E-state index in [4.69, 9.17) is 5.73 Å². The summed E-state index contributed by atoms with van der Waals surface area (Å²) in [6.45, 7) is 4.13. The monoisotopic (exact) mass is 238 g/mol. The number of nitrogens with two attached hydrogens (primary N) is 1. The molecule has 5 heteroatoms. The first-order chi connectivity index (χ1) is 6.13. The van der Waals surface area contributed by atoms with Crippen LogP contribution >= 0.6 is 24.2 Å². The van der Waals surface area contributed by atoms with Gasteiger partial charge < -0.3 is 10.6 Å². The van der Waals surface area contributed by atoms with Crippen molar-refractivity contribution in [1.29, 1.82) is 0 Å². The van der Waals surface area contributed by atoms with Crippen molar-refractivity contribution in [3.05, 3.63) is 12.7 Å². The molecule has 0 spiro atoms. The summed E-state index contributed by atoms with van der Waals surface area (Å²) in [6.07, 6.45) is 4.44. The van der Waals surface area contributed by atoms with Gasteiger partial charge in [-0.15, -0.1) is 19.0 Å². The van der Waals surface area contributed by atoms with E-state index in [-0.39, 0.29) is 24.4 Å². The summed E-state index contributed by atoms with van der Waals surface area (Å²) < 4.78 is 0. The first-order valence-corrected chi connectivity index (χ1v) is 5.63. The maximum absolute atomic E-state index is 11.5. The number of thioether (sulfide) groups is 1. The summed E-state index contributed by atoms with van der Waals surface area (Å²) in [5, 5.41) is 0. The Kier molecular flexibility index (Phi) is 10.9. The van der Waals surface area contributed by atoms with E-state index in [1.54, 1.807) is 29.8 Å². The summed E-state index contributed by atoms with van der Waals surface area (Å²) in [7, 11) is 1.74. The minimum atomic E-state index is -0.364. The fourth-order valence-electron chi connectivity index (χ4n) is 0.935. The van der Waals surface area contributed by atoms with Crippen LogP contribution in [0, 0.1) is 0 Å². The third-order valence-electron chi connectivity index (χ3n) is 1.73. The summed E-state index contributed by atoms with van der Waals surface area (Å²) >= 11 is 1.70. The fourth-order valence-corrected chi connectivity index (χ4v) is 1.42. The molecular weight excluding hydrogens is 220 g/mol. The Balaban J connectivity index is 0. The van der Waals surface area contributed by atoms with Crippen LogP contribution in [0.4, 0.5) is 0 Å². The zero-order valence-electron chi connectivity index (χ0n) is 8.73. The molecule has 0 aromatic carbocycles. The Hall–Kier alpha value is -0.190. The molecule has 0 saturated heterocycles. The van der Waals surface area contributed by atoms with E-state index < -0.39 is 0 Å². The van der Waals surface area contributed by atoms with Crippen molar-refractivity contribution in [2.24, 2.45) is 5.73 Å². The number of hydrogen-bond acceptors (Lipinski definition) is 3. The van der Waals surface area contributed by atoms with E-state index in [1.165, 1.54) is 0 Å². The predicted octanol–water partition coefficient (Wildman–Crippen LogP) is 1.13. The SMILES string of the molecule is C=CCN(C)C(=O)[C@@H](N)CCSC.Cl. The van der Waals surface area contributed by atoms with E-state index in [2.05, 4.69) is 6.58 Å². The number of halogens is 1. The summed E-state index contributed by atoms with van der Waals surface area (Å²) in [5.41, 5.74) is 5.70. The summed E-state index contributed by atoms with van der Waals surface area (Å²) in [4.78, 5) is 13.1. The third-order valence-corrected chi connectivity index (χ3v) is 2.37. The van der Waals surface area contributed by atoms with Gasteiger partial charge in [0.25, 0.3) is 0 Å². The summed E-state index contributed by atoms with van der Waals surface area (Å²) in [5.74, 6) is 0.920. The van der Waals surface area contributed by atoms with Gasteiger partial charge in [0, 0.05) is 13.6 Å². The molecule has 14 heavy (non-hydrogen) atoms. The van der Waals surface area contributed by atoms with Gasteiger partial charge in [0.1, 0.15) is 0 Å². The minimum Gasteiger partial charge on any atom is -0.341 e. The number of rotatable bonds is 6. The van der Waals surface area contributed by atoms with E-state index >= 15 is 0 Å². The Labute approximate surface area is 96.5 Å². The molecule has 3 nitrogen and oxygen atoms in total. The highest BCUT2D eigenvalue weighted by Crippen LogP contribution is 2.01. The number of hydrogen-bond donors (Lipinski definition) is 1. The molecule has 0 bridgehead atoms. The number of carbonyl (C=O) groups excluding carboxylic acids is 1. The van der Waals surface area contributed by atoms with Gasteiger partial charge >= 0.3 is 0 Å². The normalized spacial score (nSPS) is 11.4. The van der Waals surface area contributed by atoms with Crippen molar-refractivity contribution in [1.82, 2.24) is 4.90 Å². The number of amides is 1. The van der Waals surface area contributed by atoms with Crippen molar-refractivity contribution in [2.45, 2.75) is 12.5 Å². The van der Waals surface area contributed by atoms with Crippen LogP contribution in [0.5, 0.6) is 0 Å². The molecule has 0 aliphatic heterocycles. The van der Waals surface area contributed by atoms with Crippen LogP contribution in [0.15, 0.2) is 12.7 Å². The molecule has 0 unspecified atom stereocenters. The van der Waals surface area contributed by atoms with Gasteiger partial charge in [-0.3, -0.25) is 4.79 Å². The Morgan fingerprint density at radius 3 is 2.71 bits per heavy atom. The van der Waals surface area contributed by atoms with Crippen LogP contribution in [-0.4, -0.2) is 42.4 Å². The van der Waals surface area contributed by atoms with Crippen LogP contribution in [0.1, 0.15) is 6.42 Å². The molecule has 0 radical (unpaired) electrons. The van der Waals surface area contributed by atoms with Gasteiger partial charge in [-0.25, -0.2) is 0 Å². The highest BCUT2D eigenvalue weighted by Gasteiger charge is 2.15. The van der Waals surface area contributed by atoms with Gasteiger partial charge in [0.05, 0.1) is 6.04 Å². The quantitative estimate of drug-likeness (QED) is 0.706. The maximum Gasteiger partial charge on any atom is 0.239 e. The average molecular weight is 239 g/mol. The lowest BCUT2D eigenvalue weighted by atomic mass is 10.2. The second kappa shape index (κ2) is 9.37. The Morgan fingerprint density at radius 2 is 2.29 bits per heavy atom. The van der Waals surface area contributed by atoms with E-state index in [9.17, 15) is 4.79 Å². The molecule has 0 fully saturated rings. The molecule has 0 saturated carbocycles. The lowest BCUT2D eigenvalue weighted by Crippen LogP contribution is -2.42. The van der Waals surface area contributed by atoms with Crippen molar-refractivity contribution < 1.29 is 4.79 Å². The van der Waals surface area contributed by atoms with Crippen LogP contribution in [0.2, 0.25) is 0 Å². The van der Waals surface area contributed by atoms with Crippen molar-refractivity contribution in [3.8, 4) is 0 Å². The fraction of sp³-hybridized carbons (Fsp3) is 0.667. The highest BCUT2D eigenvalue weighted by molar-refractivity contribution is 7.98. The van der Waals surface area contributed by atoms with Crippen LogP contribution in [0.25, 0.3) is 0 Å². The zero-order valence-corrected chi connectivity index (χ0v) is 10.4. The standard InChI is InChI=1S/C9H18N2OS.ClH/c1-4-6-11(2)9(12)8(10)5-7-13-3;/h4,8H,1,5-7,10H2,2-3H3;1H/t8-;/m0./s1. The lowest BCUT2D eigenvalue weighted by Gasteiger charge is -2.19. The smallest absolute Gasteiger partial charge is 0.239 e. The molecule has 84 valence electrons. The molecule has 0 aromatic rings. The Bertz CT molecular complexity index is 178. The molecule has 0 aromatic heterocycles. The maximum atomic E-state index is 11.5. The summed E-state index contributed by atoms with van der Waals surface area (Å²) in [6, 6.07) is -0.364. The molecule has 0 heterocycles. The van der Waals surface area contributed by atoms with E-state index in [0.717, 1.165) is 12.2 Å². The number of likely N-dealkylation sites (N-methyl/N-ethyl adjacent to an activating group) is 1. The number of nitrogens with zero attached hydrogens (tertiary/aromatic N) is 1. The number of carbonyl (C=O) groups is 1. The molecule has 1 amide bonds. The van der Waals surface area contributed by atoms with Crippen LogP contribution in [0.3, 0.4) is 0 Å². The lowest BCUT2D eigenvalue weighted by molar-refractivity contribution is -0.130. The largest absolute Gasteiger partial charge is 0.341 e. The molecule has 1 atom stereocenters. The van der Waals surface area contributed by atoms with Crippen molar-refractivity contribution in [3.63, 3.8) is 0 Å².